The van der Waals surface area contributed by atoms with E-state index in [0.29, 0.717) is 34.9 Å². The van der Waals surface area contributed by atoms with Crippen molar-refractivity contribution in [2.24, 2.45) is 5.92 Å². The molecule has 0 spiro atoms. The Labute approximate surface area is 219 Å². The fourth-order valence-electron chi connectivity index (χ4n) is 5.45. The van der Waals surface area contributed by atoms with Crippen molar-refractivity contribution in [2.75, 3.05) is 0 Å². The molecule has 4 heterocycles. The molecule has 1 aromatic carbocycles. The standard InChI is InChI=1S/C27H25N7O3S/c1-3-18-12-19(37-23-9-8-17(14-28)15-30-23)13-20(18)25-32-33-26-27(31-24-21(34(25)26)10-11-29-24)38(35,36)22-7-5-4-6-16(22)2/h4-11,15,18-20,29H,3,12-13H2,1-2H3/t18-,19-,20-/m0/s1. The maximum atomic E-state index is 13.8. The van der Waals surface area contributed by atoms with E-state index in [1.165, 1.54) is 6.20 Å². The van der Waals surface area contributed by atoms with Gasteiger partial charge in [0, 0.05) is 24.4 Å². The number of sulfone groups is 1. The largest absolute Gasteiger partial charge is 0.474 e. The lowest BCUT2D eigenvalue weighted by atomic mass is 9.93. The number of hydrogen-bond acceptors (Lipinski definition) is 8. The first-order chi connectivity index (χ1) is 18.4. The maximum Gasteiger partial charge on any atom is 0.228 e. The van der Waals surface area contributed by atoms with Gasteiger partial charge in [-0.3, -0.25) is 4.40 Å². The molecule has 1 aliphatic rings. The van der Waals surface area contributed by atoms with Crippen LogP contribution in [0.2, 0.25) is 0 Å². The summed E-state index contributed by atoms with van der Waals surface area (Å²) in [4.78, 5) is 12.0. The zero-order valence-electron chi connectivity index (χ0n) is 20.9. The van der Waals surface area contributed by atoms with Crippen molar-refractivity contribution in [2.45, 2.75) is 55.1 Å². The number of aromatic nitrogens is 6. The van der Waals surface area contributed by atoms with Gasteiger partial charge < -0.3 is 9.72 Å². The molecule has 0 bridgehead atoms. The highest BCUT2D eigenvalue weighted by atomic mass is 32.2. The summed E-state index contributed by atoms with van der Waals surface area (Å²) in [5.74, 6) is 1.41. The first-order valence-corrected chi connectivity index (χ1v) is 13.9. The topological polar surface area (TPSA) is 139 Å². The lowest BCUT2D eigenvalue weighted by molar-refractivity contribution is 0.195. The fourth-order valence-corrected chi connectivity index (χ4v) is 7.00. The van der Waals surface area contributed by atoms with Gasteiger partial charge in [-0.2, -0.15) is 5.26 Å². The molecule has 192 valence electrons. The third kappa shape index (κ3) is 3.88. The van der Waals surface area contributed by atoms with E-state index >= 15 is 0 Å². The van der Waals surface area contributed by atoms with Crippen LogP contribution in [0.4, 0.5) is 0 Å². The Bertz CT molecular complexity index is 1800. The third-order valence-corrected chi connectivity index (χ3v) is 9.16. The van der Waals surface area contributed by atoms with Crippen LogP contribution in [0.1, 0.15) is 49.1 Å². The second-order valence-electron chi connectivity index (χ2n) is 9.60. The number of H-pyrrole nitrogens is 1. The highest BCUT2D eigenvalue weighted by molar-refractivity contribution is 7.91. The van der Waals surface area contributed by atoms with E-state index in [1.807, 2.05) is 10.5 Å². The predicted octanol–water partition coefficient (Wildman–Crippen LogP) is 4.36. The van der Waals surface area contributed by atoms with Gasteiger partial charge >= 0.3 is 0 Å². The van der Waals surface area contributed by atoms with Crippen LogP contribution in [0, 0.1) is 24.2 Å². The summed E-state index contributed by atoms with van der Waals surface area (Å²) in [6, 6.07) is 14.2. The molecule has 38 heavy (non-hydrogen) atoms. The van der Waals surface area contributed by atoms with E-state index < -0.39 is 9.84 Å². The molecule has 11 heteroatoms. The van der Waals surface area contributed by atoms with Gasteiger partial charge in [-0.25, -0.2) is 18.4 Å². The Balaban J connectivity index is 1.43. The monoisotopic (exact) mass is 527 g/mol. The third-order valence-electron chi connectivity index (χ3n) is 7.34. The Hall–Kier alpha value is -4.30. The quantitative estimate of drug-likeness (QED) is 0.344. The molecule has 0 unspecified atom stereocenters. The van der Waals surface area contributed by atoms with Crippen LogP contribution in [0.3, 0.4) is 0 Å². The van der Waals surface area contributed by atoms with Gasteiger partial charge in [0.2, 0.25) is 20.7 Å². The van der Waals surface area contributed by atoms with Crippen molar-refractivity contribution in [3.8, 4) is 11.9 Å². The lowest BCUT2D eigenvalue weighted by Gasteiger charge is -2.16. The maximum absolute atomic E-state index is 13.8. The highest BCUT2D eigenvalue weighted by Crippen LogP contribution is 2.43. The van der Waals surface area contributed by atoms with Crippen molar-refractivity contribution < 1.29 is 13.2 Å². The number of pyridine rings is 1. The van der Waals surface area contributed by atoms with Crippen molar-refractivity contribution in [3.63, 3.8) is 0 Å². The van der Waals surface area contributed by atoms with Crippen molar-refractivity contribution >= 4 is 26.6 Å². The predicted molar refractivity (Wildman–Crippen MR) is 138 cm³/mol. The number of nitrogens with zero attached hydrogens (tertiary/aromatic N) is 6. The Morgan fingerprint density at radius 1 is 1.16 bits per heavy atom. The number of aryl methyl sites for hydroxylation is 1. The van der Waals surface area contributed by atoms with Crippen LogP contribution in [-0.4, -0.2) is 44.1 Å². The van der Waals surface area contributed by atoms with Crippen molar-refractivity contribution in [3.05, 3.63) is 71.8 Å². The summed E-state index contributed by atoms with van der Waals surface area (Å²) in [5, 5.41) is 17.8. The molecule has 3 atom stereocenters. The first kappa shape index (κ1) is 24.1. The van der Waals surface area contributed by atoms with Gasteiger partial charge in [0.05, 0.1) is 16.0 Å². The molecule has 0 radical (unpaired) electrons. The second kappa shape index (κ2) is 9.22. The van der Waals surface area contributed by atoms with E-state index in [9.17, 15) is 8.42 Å². The molecule has 1 fully saturated rings. The summed E-state index contributed by atoms with van der Waals surface area (Å²) >= 11 is 0. The minimum atomic E-state index is -3.96. The molecular formula is C27H25N7O3S. The van der Waals surface area contributed by atoms with Gasteiger partial charge in [0.15, 0.2) is 11.3 Å². The number of nitrogens with one attached hydrogen (secondary N) is 1. The molecule has 10 nitrogen and oxygen atoms in total. The average molecular weight is 528 g/mol. The number of aromatic amines is 1. The summed E-state index contributed by atoms with van der Waals surface area (Å²) in [7, 11) is -3.96. The molecule has 0 saturated heterocycles. The van der Waals surface area contributed by atoms with Gasteiger partial charge in [-0.05, 0) is 49.4 Å². The average Bonchev–Trinajstić information content (AvgIpc) is 3.66. The van der Waals surface area contributed by atoms with Gasteiger partial charge in [-0.15, -0.1) is 10.2 Å². The van der Waals surface area contributed by atoms with E-state index in [4.69, 9.17) is 10.00 Å². The van der Waals surface area contributed by atoms with Crippen molar-refractivity contribution in [1.29, 1.82) is 5.26 Å². The summed E-state index contributed by atoms with van der Waals surface area (Å²) in [5.41, 5.74) is 2.49. The zero-order valence-corrected chi connectivity index (χ0v) is 21.7. The minimum Gasteiger partial charge on any atom is -0.474 e. The summed E-state index contributed by atoms with van der Waals surface area (Å²) in [6.45, 7) is 3.89. The number of nitriles is 1. The highest BCUT2D eigenvalue weighted by Gasteiger charge is 2.39. The molecule has 5 aromatic rings. The Morgan fingerprint density at radius 3 is 2.74 bits per heavy atom. The van der Waals surface area contributed by atoms with Crippen LogP contribution in [0.15, 0.2) is 64.8 Å². The van der Waals surface area contributed by atoms with Crippen molar-refractivity contribution in [1.82, 2.24) is 29.5 Å². The van der Waals surface area contributed by atoms with Gasteiger partial charge in [-0.1, -0.05) is 31.5 Å². The van der Waals surface area contributed by atoms with E-state index in [1.54, 1.807) is 49.5 Å². The SMILES string of the molecule is CC[C@H]1C[C@H](Oc2ccc(C#N)cn2)C[C@@H]1c1nnc2c(S(=O)(=O)c3ccccc3C)nc3[nH]ccc3n12. The Morgan fingerprint density at radius 2 is 2.00 bits per heavy atom. The summed E-state index contributed by atoms with van der Waals surface area (Å²) < 4.78 is 35.6. The number of fused-ring (bicyclic) bond motifs is 3. The fraction of sp³-hybridized carbons (Fsp3) is 0.296. The van der Waals surface area contributed by atoms with Crippen LogP contribution in [-0.2, 0) is 9.84 Å². The van der Waals surface area contributed by atoms with Gasteiger partial charge in [0.1, 0.15) is 18.0 Å². The molecule has 1 saturated carbocycles. The van der Waals surface area contributed by atoms with E-state index in [0.717, 1.165) is 18.4 Å². The normalized spacial score (nSPS) is 19.7. The Kier molecular flexibility index (Phi) is 5.84. The number of benzene rings is 1. The minimum absolute atomic E-state index is 0.00658. The van der Waals surface area contributed by atoms with Crippen LogP contribution in [0.25, 0.3) is 16.8 Å². The van der Waals surface area contributed by atoms with Crippen LogP contribution >= 0.6 is 0 Å². The second-order valence-corrected chi connectivity index (χ2v) is 11.4. The molecule has 4 aromatic heterocycles. The van der Waals surface area contributed by atoms with Crippen LogP contribution in [0.5, 0.6) is 5.88 Å². The number of rotatable bonds is 6. The molecule has 1 N–H and O–H groups in total. The molecule has 1 aliphatic carbocycles. The zero-order chi connectivity index (χ0) is 26.4. The van der Waals surface area contributed by atoms with E-state index in [2.05, 4.69) is 38.1 Å². The first-order valence-electron chi connectivity index (χ1n) is 12.5. The van der Waals surface area contributed by atoms with Gasteiger partial charge in [0.25, 0.3) is 0 Å². The molecule has 0 amide bonds. The smallest absolute Gasteiger partial charge is 0.228 e. The molecule has 6 rings (SSSR count). The summed E-state index contributed by atoms with van der Waals surface area (Å²) in [6.07, 6.45) is 5.51. The van der Waals surface area contributed by atoms with Crippen LogP contribution < -0.4 is 4.74 Å². The lowest BCUT2D eigenvalue weighted by Crippen LogP contribution is -2.14. The molecule has 0 aliphatic heterocycles. The molecular weight excluding hydrogens is 502 g/mol. The number of ether oxygens (including phenoxy) is 1. The number of hydrogen-bond donors (Lipinski definition) is 1. The van der Waals surface area contributed by atoms with E-state index in [-0.39, 0.29) is 33.5 Å².